The van der Waals surface area contributed by atoms with Crippen LogP contribution >= 0.6 is 17.2 Å². The highest BCUT2D eigenvalue weighted by Crippen LogP contribution is 2.48. The van der Waals surface area contributed by atoms with Crippen LogP contribution in [0.4, 0.5) is 0 Å². The second-order valence-corrected chi connectivity index (χ2v) is 15.0. The van der Waals surface area contributed by atoms with Gasteiger partial charge in [-0.3, -0.25) is 9.05 Å². The smallest absolute Gasteiger partial charge is 0.417 e. The molecule has 6 nitrogen and oxygen atoms in total. The molecule has 50 heavy (non-hydrogen) atoms. The Morgan fingerprint density at radius 3 is 0.820 bits per heavy atom. The number of benzene rings is 4. The van der Waals surface area contributed by atoms with Crippen LogP contribution in [0.5, 0.6) is 23.0 Å². The Labute approximate surface area is 303 Å². The van der Waals surface area contributed by atoms with E-state index in [0.29, 0.717) is 23.7 Å². The van der Waals surface area contributed by atoms with E-state index in [2.05, 4.69) is 79.7 Å². The largest absolute Gasteiger partial charge is 0.463 e. The van der Waals surface area contributed by atoms with Crippen LogP contribution in [0.2, 0.25) is 0 Å². The standard InChI is InChI=1S/C42H56O6P2/c1-9-31(5)35-21-13-17-25-39(35)45-49(46-40-26-18-14-22-36(40)32(6)10-2)43-29-30-44-50(47-41-27-19-15-23-37(41)33(7)11-3)48-42-28-20-16-24-38(42)34(8)12-4/h13-28,31-34H,9-12,29-30H2,1-8H3. The fourth-order valence-electron chi connectivity index (χ4n) is 5.45. The van der Waals surface area contributed by atoms with E-state index in [-0.39, 0.29) is 13.2 Å². The third kappa shape index (κ3) is 11.2. The fourth-order valence-corrected chi connectivity index (χ4v) is 7.49. The maximum absolute atomic E-state index is 6.56. The van der Waals surface area contributed by atoms with Crippen LogP contribution in [-0.4, -0.2) is 13.2 Å². The predicted molar refractivity (Wildman–Crippen MR) is 209 cm³/mol. The van der Waals surface area contributed by atoms with Gasteiger partial charge < -0.3 is 18.1 Å². The normalized spacial score (nSPS) is 15.0. The molecule has 0 aromatic heterocycles. The molecule has 0 aliphatic heterocycles. The van der Waals surface area contributed by atoms with Gasteiger partial charge in [-0.2, -0.15) is 0 Å². The summed E-state index contributed by atoms with van der Waals surface area (Å²) in [6.07, 6.45) is 3.98. The molecule has 0 amide bonds. The molecule has 0 fully saturated rings. The summed E-state index contributed by atoms with van der Waals surface area (Å²) in [7, 11) is -3.64. The highest BCUT2D eigenvalue weighted by Gasteiger charge is 2.26. The number of hydrogen-bond donors (Lipinski definition) is 0. The summed E-state index contributed by atoms with van der Waals surface area (Å²) in [4.78, 5) is 0. The van der Waals surface area contributed by atoms with E-state index in [1.807, 2.05) is 72.8 Å². The second kappa shape index (κ2) is 20.6. The van der Waals surface area contributed by atoms with Crippen molar-refractivity contribution < 1.29 is 27.1 Å². The molecule has 0 aliphatic carbocycles. The first-order valence-electron chi connectivity index (χ1n) is 18.2. The van der Waals surface area contributed by atoms with Crippen LogP contribution in [0, 0.1) is 0 Å². The van der Waals surface area contributed by atoms with Gasteiger partial charge in [-0.05, 0) is 95.9 Å². The first kappa shape index (κ1) is 39.6. The summed E-state index contributed by atoms with van der Waals surface area (Å²) < 4.78 is 39.0. The summed E-state index contributed by atoms with van der Waals surface area (Å²) in [6.45, 7) is 18.0. The van der Waals surface area contributed by atoms with Crippen molar-refractivity contribution >= 4 is 17.2 Å². The van der Waals surface area contributed by atoms with Crippen molar-refractivity contribution in [2.75, 3.05) is 13.2 Å². The van der Waals surface area contributed by atoms with Crippen molar-refractivity contribution in [1.29, 1.82) is 0 Å². The Bertz CT molecular complexity index is 1350. The number of rotatable bonds is 21. The molecule has 0 heterocycles. The van der Waals surface area contributed by atoms with Crippen LogP contribution in [-0.2, 0) is 9.05 Å². The molecule has 0 N–H and O–H groups in total. The molecule has 0 spiro atoms. The van der Waals surface area contributed by atoms with Gasteiger partial charge in [-0.15, -0.1) is 0 Å². The molecular weight excluding hydrogens is 662 g/mol. The third-order valence-electron chi connectivity index (χ3n) is 9.42. The van der Waals surface area contributed by atoms with Crippen molar-refractivity contribution in [3.05, 3.63) is 119 Å². The van der Waals surface area contributed by atoms with Gasteiger partial charge in [0, 0.05) is 0 Å². The van der Waals surface area contributed by atoms with Gasteiger partial charge in [-0.25, -0.2) is 0 Å². The molecule has 4 aromatic rings. The molecule has 0 saturated heterocycles. The van der Waals surface area contributed by atoms with Crippen molar-refractivity contribution in [2.45, 2.75) is 105 Å². The number of para-hydroxylation sites is 4. The summed E-state index contributed by atoms with van der Waals surface area (Å²) in [5.74, 6) is 4.39. The van der Waals surface area contributed by atoms with E-state index < -0.39 is 17.2 Å². The van der Waals surface area contributed by atoms with Crippen molar-refractivity contribution in [3.8, 4) is 23.0 Å². The molecule has 4 unspecified atom stereocenters. The van der Waals surface area contributed by atoms with E-state index in [9.17, 15) is 0 Å². The summed E-state index contributed by atoms with van der Waals surface area (Å²) >= 11 is 0. The van der Waals surface area contributed by atoms with Gasteiger partial charge in [0.05, 0.1) is 13.2 Å². The summed E-state index contributed by atoms with van der Waals surface area (Å²) in [5.41, 5.74) is 4.52. The third-order valence-corrected chi connectivity index (χ3v) is 11.6. The molecule has 0 bridgehead atoms. The van der Waals surface area contributed by atoms with E-state index >= 15 is 0 Å². The lowest BCUT2D eigenvalue weighted by molar-refractivity contribution is 0.185. The zero-order valence-electron chi connectivity index (χ0n) is 31.1. The Kier molecular flexibility index (Phi) is 16.4. The summed E-state index contributed by atoms with van der Waals surface area (Å²) in [5, 5.41) is 0. The molecule has 0 aliphatic rings. The molecule has 4 rings (SSSR count). The zero-order valence-corrected chi connectivity index (χ0v) is 32.9. The van der Waals surface area contributed by atoms with Gasteiger partial charge in [0.25, 0.3) is 0 Å². The molecule has 270 valence electrons. The Morgan fingerprint density at radius 2 is 0.600 bits per heavy atom. The Balaban J connectivity index is 1.56. The van der Waals surface area contributed by atoms with Crippen LogP contribution in [0.3, 0.4) is 0 Å². The molecular formula is C42H56O6P2. The van der Waals surface area contributed by atoms with E-state index in [0.717, 1.165) is 70.9 Å². The van der Waals surface area contributed by atoms with Crippen molar-refractivity contribution in [1.82, 2.24) is 0 Å². The van der Waals surface area contributed by atoms with Crippen LogP contribution in [0.25, 0.3) is 0 Å². The molecule has 8 heteroatoms. The maximum Gasteiger partial charge on any atom is 0.463 e. The lowest BCUT2D eigenvalue weighted by atomic mass is 9.98. The van der Waals surface area contributed by atoms with Crippen LogP contribution < -0.4 is 18.1 Å². The first-order valence-corrected chi connectivity index (χ1v) is 20.4. The fraction of sp³-hybridized carbons (Fsp3) is 0.429. The SMILES string of the molecule is CCC(C)c1ccccc1OP(OCCOP(Oc1ccccc1C(C)CC)Oc1ccccc1C(C)CC)Oc1ccccc1C(C)CC. The van der Waals surface area contributed by atoms with E-state index in [1.54, 1.807) is 0 Å². The van der Waals surface area contributed by atoms with Crippen molar-refractivity contribution in [2.24, 2.45) is 0 Å². The van der Waals surface area contributed by atoms with Crippen LogP contribution in [0.1, 0.15) is 127 Å². The highest BCUT2D eigenvalue weighted by molar-refractivity contribution is 7.43. The summed E-state index contributed by atoms with van der Waals surface area (Å²) in [6, 6.07) is 32.6. The monoisotopic (exact) mass is 718 g/mol. The highest BCUT2D eigenvalue weighted by atomic mass is 31.2. The van der Waals surface area contributed by atoms with Gasteiger partial charge in [0.2, 0.25) is 0 Å². The Hall–Kier alpha value is -3.14. The first-order chi connectivity index (χ1) is 24.3. The Morgan fingerprint density at radius 1 is 0.380 bits per heavy atom. The van der Waals surface area contributed by atoms with E-state index in [4.69, 9.17) is 27.1 Å². The lowest BCUT2D eigenvalue weighted by Crippen LogP contribution is -2.10. The quantitative estimate of drug-likeness (QED) is 0.0631. The minimum Gasteiger partial charge on any atom is -0.417 e. The van der Waals surface area contributed by atoms with Gasteiger partial charge in [0.15, 0.2) is 0 Å². The van der Waals surface area contributed by atoms with E-state index in [1.165, 1.54) is 0 Å². The maximum atomic E-state index is 6.56. The molecule has 4 atom stereocenters. The number of hydrogen-bond acceptors (Lipinski definition) is 6. The molecule has 0 radical (unpaired) electrons. The average Bonchev–Trinajstić information content (AvgIpc) is 3.15. The van der Waals surface area contributed by atoms with Gasteiger partial charge >= 0.3 is 17.2 Å². The molecule has 4 aromatic carbocycles. The lowest BCUT2D eigenvalue weighted by Gasteiger charge is -2.24. The minimum absolute atomic E-state index is 0.217. The molecule has 0 saturated carbocycles. The van der Waals surface area contributed by atoms with Crippen molar-refractivity contribution in [3.63, 3.8) is 0 Å². The zero-order chi connectivity index (χ0) is 35.9. The predicted octanol–water partition coefficient (Wildman–Crippen LogP) is 13.8. The second-order valence-electron chi connectivity index (χ2n) is 12.9. The average molecular weight is 719 g/mol. The topological polar surface area (TPSA) is 55.4 Å². The minimum atomic E-state index is -1.82. The van der Waals surface area contributed by atoms with Crippen LogP contribution in [0.15, 0.2) is 97.1 Å². The van der Waals surface area contributed by atoms with Gasteiger partial charge in [-0.1, -0.05) is 128 Å². The van der Waals surface area contributed by atoms with Gasteiger partial charge in [0.1, 0.15) is 23.0 Å².